The topological polar surface area (TPSA) is 29.3 Å². The Hall–Kier alpha value is -0.780. The molecule has 3 nitrogen and oxygen atoms in total. The third-order valence-corrected chi connectivity index (χ3v) is 4.90. The third kappa shape index (κ3) is 2.63. The Morgan fingerprint density at radius 3 is 2.94 bits per heavy atom. The lowest BCUT2D eigenvalue weighted by molar-refractivity contribution is 0.289. The van der Waals surface area contributed by atoms with Gasteiger partial charge in [-0.05, 0) is 18.4 Å². The first-order valence-electron chi connectivity index (χ1n) is 6.13. The molecular formula is C13H16N2OS2. The molecule has 0 atom stereocenters. The molecule has 3 heterocycles. The van der Waals surface area contributed by atoms with Crippen LogP contribution in [0.25, 0.3) is 10.8 Å². The summed E-state index contributed by atoms with van der Waals surface area (Å²) in [6, 6.07) is 4.08. The Morgan fingerprint density at radius 1 is 1.39 bits per heavy atom. The molecule has 96 valence electrons. The summed E-state index contributed by atoms with van der Waals surface area (Å²) in [4.78, 5) is 8.21. The minimum absolute atomic E-state index is 0.767. The second-order valence-electron chi connectivity index (χ2n) is 4.39. The van der Waals surface area contributed by atoms with Crippen molar-refractivity contribution in [2.24, 2.45) is 0 Å². The van der Waals surface area contributed by atoms with Crippen LogP contribution in [0.2, 0.25) is 0 Å². The summed E-state index contributed by atoms with van der Waals surface area (Å²) in [7, 11) is 0. The lowest BCUT2D eigenvalue weighted by atomic mass is 10.3. The average Bonchev–Trinajstić information content (AvgIpc) is 3.01. The SMILES string of the molecule is Cc1oc(-c2cccs2)nc1CN1CCSCC1. The summed E-state index contributed by atoms with van der Waals surface area (Å²) in [6.07, 6.45) is 0. The molecule has 0 spiro atoms. The van der Waals surface area contributed by atoms with E-state index in [4.69, 9.17) is 4.42 Å². The van der Waals surface area contributed by atoms with Crippen LogP contribution in [0.4, 0.5) is 0 Å². The minimum atomic E-state index is 0.767. The second-order valence-corrected chi connectivity index (χ2v) is 6.56. The van der Waals surface area contributed by atoms with Gasteiger partial charge in [0.05, 0.1) is 10.6 Å². The van der Waals surface area contributed by atoms with E-state index in [-0.39, 0.29) is 0 Å². The summed E-state index contributed by atoms with van der Waals surface area (Å²) < 4.78 is 5.77. The van der Waals surface area contributed by atoms with Crippen molar-refractivity contribution in [1.29, 1.82) is 0 Å². The smallest absolute Gasteiger partial charge is 0.236 e. The van der Waals surface area contributed by atoms with Crippen LogP contribution in [-0.2, 0) is 6.54 Å². The Labute approximate surface area is 115 Å². The highest BCUT2D eigenvalue weighted by molar-refractivity contribution is 7.99. The fourth-order valence-electron chi connectivity index (χ4n) is 2.05. The van der Waals surface area contributed by atoms with Crippen molar-refractivity contribution in [2.45, 2.75) is 13.5 Å². The van der Waals surface area contributed by atoms with E-state index in [0.29, 0.717) is 0 Å². The number of hydrogen-bond donors (Lipinski definition) is 0. The van der Waals surface area contributed by atoms with Crippen molar-refractivity contribution in [3.05, 3.63) is 29.0 Å². The van der Waals surface area contributed by atoms with E-state index in [1.54, 1.807) is 11.3 Å². The molecule has 0 amide bonds. The van der Waals surface area contributed by atoms with Crippen molar-refractivity contribution in [2.75, 3.05) is 24.6 Å². The molecule has 18 heavy (non-hydrogen) atoms. The maximum absolute atomic E-state index is 5.77. The lowest BCUT2D eigenvalue weighted by Crippen LogP contribution is -2.32. The number of hydrogen-bond acceptors (Lipinski definition) is 5. The van der Waals surface area contributed by atoms with E-state index in [9.17, 15) is 0 Å². The summed E-state index contributed by atoms with van der Waals surface area (Å²) in [5.41, 5.74) is 1.09. The summed E-state index contributed by atoms with van der Waals surface area (Å²) >= 11 is 3.70. The summed E-state index contributed by atoms with van der Waals surface area (Å²) in [5.74, 6) is 4.18. The molecule has 0 radical (unpaired) electrons. The first kappa shape index (κ1) is 12.3. The number of rotatable bonds is 3. The predicted octanol–water partition coefficient (Wildman–Crippen LogP) is 3.26. The summed E-state index contributed by atoms with van der Waals surface area (Å²) in [6.45, 7) is 5.25. The molecule has 2 aromatic rings. The maximum atomic E-state index is 5.77. The Morgan fingerprint density at radius 2 is 2.22 bits per heavy atom. The predicted molar refractivity (Wildman–Crippen MR) is 77.2 cm³/mol. The molecule has 0 unspecified atom stereocenters. The standard InChI is InChI=1S/C13H16N2OS2/c1-10-11(9-15-4-7-17-8-5-15)14-13(16-10)12-3-2-6-18-12/h2-3,6H,4-5,7-9H2,1H3. The Bertz CT molecular complexity index is 501. The molecule has 1 aliphatic rings. The van der Waals surface area contributed by atoms with E-state index in [1.807, 2.05) is 24.8 Å². The molecule has 3 rings (SSSR count). The van der Waals surface area contributed by atoms with Gasteiger partial charge in [0.1, 0.15) is 5.76 Å². The van der Waals surface area contributed by atoms with Crippen LogP contribution in [0.3, 0.4) is 0 Å². The van der Waals surface area contributed by atoms with Crippen molar-refractivity contribution < 1.29 is 4.42 Å². The molecule has 0 aromatic carbocycles. The van der Waals surface area contributed by atoms with Gasteiger partial charge < -0.3 is 4.42 Å². The molecule has 1 fully saturated rings. The fraction of sp³-hybridized carbons (Fsp3) is 0.462. The van der Waals surface area contributed by atoms with Gasteiger partial charge in [-0.1, -0.05) is 6.07 Å². The summed E-state index contributed by atoms with van der Waals surface area (Å²) in [5, 5.41) is 2.05. The quantitative estimate of drug-likeness (QED) is 0.863. The molecule has 2 aromatic heterocycles. The number of thioether (sulfide) groups is 1. The van der Waals surface area contributed by atoms with Gasteiger partial charge in [0, 0.05) is 31.1 Å². The Balaban J connectivity index is 1.76. The zero-order chi connectivity index (χ0) is 12.4. The van der Waals surface area contributed by atoms with E-state index in [1.165, 1.54) is 11.5 Å². The number of aryl methyl sites for hydroxylation is 1. The number of nitrogens with zero attached hydrogens (tertiary/aromatic N) is 2. The van der Waals surface area contributed by atoms with Crippen LogP contribution < -0.4 is 0 Å². The van der Waals surface area contributed by atoms with Crippen LogP contribution >= 0.6 is 23.1 Å². The van der Waals surface area contributed by atoms with Crippen molar-refractivity contribution >= 4 is 23.1 Å². The Kier molecular flexibility index (Phi) is 3.72. The zero-order valence-corrected chi connectivity index (χ0v) is 12.0. The fourth-order valence-corrected chi connectivity index (χ4v) is 3.68. The first-order chi connectivity index (χ1) is 8.83. The number of oxazole rings is 1. The van der Waals surface area contributed by atoms with Gasteiger partial charge in [0.25, 0.3) is 0 Å². The van der Waals surface area contributed by atoms with E-state index >= 15 is 0 Å². The van der Waals surface area contributed by atoms with Gasteiger partial charge >= 0.3 is 0 Å². The number of thiophene rings is 1. The van der Waals surface area contributed by atoms with Crippen LogP contribution in [0.15, 0.2) is 21.9 Å². The normalized spacial score (nSPS) is 17.2. The highest BCUT2D eigenvalue weighted by atomic mass is 32.2. The first-order valence-corrected chi connectivity index (χ1v) is 8.16. The minimum Gasteiger partial charge on any atom is -0.440 e. The largest absolute Gasteiger partial charge is 0.440 e. The molecule has 5 heteroatoms. The van der Waals surface area contributed by atoms with Gasteiger partial charge in [0.15, 0.2) is 0 Å². The average molecular weight is 280 g/mol. The van der Waals surface area contributed by atoms with Crippen LogP contribution in [-0.4, -0.2) is 34.5 Å². The van der Waals surface area contributed by atoms with Gasteiger partial charge in [-0.3, -0.25) is 4.90 Å². The zero-order valence-electron chi connectivity index (χ0n) is 10.4. The van der Waals surface area contributed by atoms with Gasteiger partial charge in [-0.2, -0.15) is 11.8 Å². The molecule has 1 saturated heterocycles. The highest BCUT2D eigenvalue weighted by Gasteiger charge is 2.17. The van der Waals surface area contributed by atoms with Crippen LogP contribution in [0.1, 0.15) is 11.5 Å². The van der Waals surface area contributed by atoms with E-state index in [2.05, 4.69) is 21.3 Å². The molecular weight excluding hydrogens is 264 g/mol. The lowest BCUT2D eigenvalue weighted by Gasteiger charge is -2.25. The molecule has 0 N–H and O–H groups in total. The van der Waals surface area contributed by atoms with Crippen LogP contribution in [0, 0.1) is 6.92 Å². The third-order valence-electron chi connectivity index (χ3n) is 3.10. The van der Waals surface area contributed by atoms with E-state index < -0.39 is 0 Å². The van der Waals surface area contributed by atoms with E-state index in [0.717, 1.165) is 41.9 Å². The maximum Gasteiger partial charge on any atom is 0.236 e. The van der Waals surface area contributed by atoms with Gasteiger partial charge in [-0.25, -0.2) is 4.98 Å². The van der Waals surface area contributed by atoms with Gasteiger partial charge in [-0.15, -0.1) is 11.3 Å². The molecule has 0 saturated carbocycles. The van der Waals surface area contributed by atoms with Gasteiger partial charge in [0.2, 0.25) is 5.89 Å². The van der Waals surface area contributed by atoms with Crippen molar-refractivity contribution in [1.82, 2.24) is 9.88 Å². The second kappa shape index (κ2) is 5.47. The molecule has 1 aliphatic heterocycles. The molecule has 0 aliphatic carbocycles. The number of aromatic nitrogens is 1. The monoisotopic (exact) mass is 280 g/mol. The van der Waals surface area contributed by atoms with Crippen molar-refractivity contribution in [3.8, 4) is 10.8 Å². The highest BCUT2D eigenvalue weighted by Crippen LogP contribution is 2.26. The molecule has 0 bridgehead atoms. The van der Waals surface area contributed by atoms with Crippen molar-refractivity contribution in [3.63, 3.8) is 0 Å². The van der Waals surface area contributed by atoms with Crippen LogP contribution in [0.5, 0.6) is 0 Å².